The fourth-order valence-corrected chi connectivity index (χ4v) is 7.02. The molecule has 1 aliphatic heterocycles. The first-order chi connectivity index (χ1) is 22.7. The molecule has 240 valence electrons. The first-order valence-electron chi connectivity index (χ1n) is 14.9. The summed E-state index contributed by atoms with van der Waals surface area (Å²) in [5.74, 6) is 2.01. The lowest BCUT2D eigenvalue weighted by Gasteiger charge is -2.29. The van der Waals surface area contributed by atoms with Crippen LogP contribution in [0.5, 0.6) is 11.5 Å². The molecule has 1 amide bonds. The average molecular weight is 731 g/mol. The Hall–Kier alpha value is -4.25. The monoisotopic (exact) mass is 729 g/mol. The molecule has 47 heavy (non-hydrogen) atoms. The zero-order valence-electron chi connectivity index (χ0n) is 26.3. The average Bonchev–Trinajstić information content (AvgIpc) is 3.46. The highest BCUT2D eigenvalue weighted by atomic mass is 79.9. The van der Waals surface area contributed by atoms with E-state index >= 15 is 0 Å². The van der Waals surface area contributed by atoms with Gasteiger partial charge in [-0.15, -0.1) is 5.10 Å². The van der Waals surface area contributed by atoms with Crippen molar-refractivity contribution >= 4 is 56.8 Å². The van der Waals surface area contributed by atoms with Gasteiger partial charge in [-0.1, -0.05) is 93.4 Å². The number of methoxy groups -OCH3 is 1. The molecular formula is C36H33BrClN5O3S. The molecule has 1 aromatic heterocycles. The van der Waals surface area contributed by atoms with E-state index < -0.39 is 6.04 Å². The standard InChI is InChI=1S/C36H33BrClN5O3S/c1-21-12-14-29(22(2)16-21)40-34(44)32-23(3)39-35-41-36(47-20-26-9-5-6-11-28(26)38)42-43(35)33(32)25-13-15-30(31(18-25)45-4)46-19-24-8-7-10-27(37)17-24/h5-18,33H,19-20H2,1-4H3,(H,40,44)(H,39,41,42). The molecule has 5 aromatic rings. The smallest absolute Gasteiger partial charge is 0.255 e. The first kappa shape index (κ1) is 32.7. The predicted molar refractivity (Wildman–Crippen MR) is 192 cm³/mol. The summed E-state index contributed by atoms with van der Waals surface area (Å²) in [4.78, 5) is 18.9. The van der Waals surface area contributed by atoms with E-state index in [0.717, 1.165) is 38.0 Å². The summed E-state index contributed by atoms with van der Waals surface area (Å²) in [6.45, 7) is 6.26. The van der Waals surface area contributed by atoms with E-state index in [4.69, 9.17) is 31.2 Å². The number of carbonyl (C=O) groups excluding carboxylic acids is 1. The molecule has 2 N–H and O–H groups in total. The summed E-state index contributed by atoms with van der Waals surface area (Å²) in [5.41, 5.74) is 6.82. The van der Waals surface area contributed by atoms with Crippen molar-refractivity contribution in [2.75, 3.05) is 17.7 Å². The molecule has 1 aliphatic rings. The lowest BCUT2D eigenvalue weighted by Crippen LogP contribution is -2.31. The summed E-state index contributed by atoms with van der Waals surface area (Å²) in [7, 11) is 1.60. The van der Waals surface area contributed by atoms with E-state index in [-0.39, 0.29) is 5.91 Å². The van der Waals surface area contributed by atoms with Crippen molar-refractivity contribution in [1.29, 1.82) is 0 Å². The van der Waals surface area contributed by atoms with E-state index in [0.29, 0.717) is 51.3 Å². The third-order valence-corrected chi connectivity index (χ3v) is 9.56. The number of hydrogen-bond donors (Lipinski definition) is 2. The molecule has 0 bridgehead atoms. The molecule has 4 aromatic carbocycles. The maximum Gasteiger partial charge on any atom is 0.255 e. The second-order valence-corrected chi connectivity index (χ2v) is 13.5. The van der Waals surface area contributed by atoms with Gasteiger partial charge in [0.25, 0.3) is 5.91 Å². The van der Waals surface area contributed by atoms with Crippen molar-refractivity contribution < 1.29 is 14.3 Å². The topological polar surface area (TPSA) is 90.3 Å². The molecule has 6 rings (SSSR count). The molecule has 2 heterocycles. The number of halogens is 2. The lowest BCUT2D eigenvalue weighted by atomic mass is 9.94. The number of anilines is 2. The second kappa shape index (κ2) is 14.3. The quantitative estimate of drug-likeness (QED) is 0.139. The molecule has 8 nitrogen and oxygen atoms in total. The molecule has 0 saturated heterocycles. The minimum Gasteiger partial charge on any atom is -0.493 e. The van der Waals surface area contributed by atoms with Crippen molar-refractivity contribution in [3.8, 4) is 11.5 Å². The zero-order valence-corrected chi connectivity index (χ0v) is 29.5. The molecule has 0 fully saturated rings. The Morgan fingerprint density at radius 3 is 2.62 bits per heavy atom. The van der Waals surface area contributed by atoms with E-state index in [9.17, 15) is 4.79 Å². The van der Waals surface area contributed by atoms with Crippen LogP contribution in [0.1, 0.15) is 40.8 Å². The minimum absolute atomic E-state index is 0.243. The lowest BCUT2D eigenvalue weighted by molar-refractivity contribution is -0.113. The Morgan fingerprint density at radius 1 is 1.02 bits per heavy atom. The van der Waals surface area contributed by atoms with Crippen molar-refractivity contribution in [2.45, 2.75) is 44.3 Å². The van der Waals surface area contributed by atoms with Gasteiger partial charge in [0.05, 0.1) is 12.7 Å². The third-order valence-electron chi connectivity index (χ3n) is 7.81. The summed E-state index contributed by atoms with van der Waals surface area (Å²) < 4.78 is 14.7. The third kappa shape index (κ3) is 7.35. The number of carbonyl (C=O) groups is 1. The Bertz CT molecular complexity index is 2000. The number of hydrogen-bond acceptors (Lipinski definition) is 7. The zero-order chi connectivity index (χ0) is 33.1. The first-order valence-corrected chi connectivity index (χ1v) is 17.1. The number of aryl methyl sites for hydroxylation is 2. The Balaban J connectivity index is 1.35. The molecule has 0 radical (unpaired) electrons. The molecule has 0 saturated carbocycles. The van der Waals surface area contributed by atoms with Gasteiger partial charge in [-0.05, 0) is 79.4 Å². The van der Waals surface area contributed by atoms with Gasteiger partial charge in [0.2, 0.25) is 11.1 Å². The number of thioether (sulfide) groups is 1. The Kier molecular flexibility index (Phi) is 9.91. The van der Waals surface area contributed by atoms with Crippen molar-refractivity contribution in [2.24, 2.45) is 0 Å². The van der Waals surface area contributed by atoms with Gasteiger partial charge >= 0.3 is 0 Å². The van der Waals surface area contributed by atoms with Gasteiger partial charge in [0.15, 0.2) is 11.5 Å². The van der Waals surface area contributed by atoms with Crippen LogP contribution < -0.4 is 20.1 Å². The van der Waals surface area contributed by atoms with Crippen LogP contribution in [0.3, 0.4) is 0 Å². The number of benzene rings is 4. The fourth-order valence-electron chi connectivity index (χ4n) is 5.46. The number of aromatic nitrogens is 3. The van der Waals surface area contributed by atoms with Crippen LogP contribution in [0.4, 0.5) is 11.6 Å². The normalized spacial score (nSPS) is 14.0. The van der Waals surface area contributed by atoms with Gasteiger partial charge in [0.1, 0.15) is 12.6 Å². The number of nitrogens with one attached hydrogen (secondary N) is 2. The van der Waals surface area contributed by atoms with Crippen LogP contribution in [0.25, 0.3) is 0 Å². The van der Waals surface area contributed by atoms with E-state index in [2.05, 4.69) is 26.6 Å². The molecule has 11 heteroatoms. The molecule has 1 unspecified atom stereocenters. The molecule has 1 atom stereocenters. The van der Waals surface area contributed by atoms with Crippen LogP contribution in [0.2, 0.25) is 5.02 Å². The highest BCUT2D eigenvalue weighted by molar-refractivity contribution is 9.10. The molecular weight excluding hydrogens is 698 g/mol. The second-order valence-electron chi connectivity index (χ2n) is 11.2. The molecule has 0 spiro atoms. The SMILES string of the molecule is COc1cc(C2C(C(=O)Nc3ccc(C)cc3C)=C(C)Nc3nc(SCc4ccccc4Cl)nn32)ccc1OCc1cccc(Br)c1. The number of fused-ring (bicyclic) bond motifs is 1. The highest BCUT2D eigenvalue weighted by Gasteiger charge is 2.35. The summed E-state index contributed by atoms with van der Waals surface area (Å²) in [6.07, 6.45) is 0. The van der Waals surface area contributed by atoms with Crippen LogP contribution in [-0.4, -0.2) is 27.8 Å². The van der Waals surface area contributed by atoms with Crippen LogP contribution >= 0.6 is 39.3 Å². The van der Waals surface area contributed by atoms with Crippen LogP contribution in [-0.2, 0) is 17.2 Å². The number of amides is 1. The van der Waals surface area contributed by atoms with Gasteiger partial charge in [-0.3, -0.25) is 4.79 Å². The van der Waals surface area contributed by atoms with Gasteiger partial charge < -0.3 is 20.1 Å². The maximum absolute atomic E-state index is 14.1. The number of rotatable bonds is 10. The molecule has 0 aliphatic carbocycles. The fraction of sp³-hybridized carbons (Fsp3) is 0.194. The Labute approximate surface area is 291 Å². The largest absolute Gasteiger partial charge is 0.493 e. The Morgan fingerprint density at radius 2 is 1.85 bits per heavy atom. The van der Waals surface area contributed by atoms with E-state index in [1.165, 1.54) is 11.8 Å². The van der Waals surface area contributed by atoms with E-state index in [1.54, 1.807) is 11.8 Å². The van der Waals surface area contributed by atoms with Crippen LogP contribution in [0, 0.1) is 13.8 Å². The van der Waals surface area contributed by atoms with Crippen LogP contribution in [0.15, 0.2) is 106 Å². The van der Waals surface area contributed by atoms with Crippen molar-refractivity contribution in [3.05, 3.63) is 134 Å². The van der Waals surface area contributed by atoms with Gasteiger partial charge in [0, 0.05) is 26.6 Å². The van der Waals surface area contributed by atoms with Crippen molar-refractivity contribution in [1.82, 2.24) is 14.8 Å². The highest BCUT2D eigenvalue weighted by Crippen LogP contribution is 2.40. The number of allylic oxidation sites excluding steroid dienone is 1. The minimum atomic E-state index is -0.604. The van der Waals surface area contributed by atoms with E-state index in [1.807, 2.05) is 106 Å². The number of nitrogens with zero attached hydrogens (tertiary/aromatic N) is 3. The van der Waals surface area contributed by atoms with Gasteiger partial charge in [-0.25, -0.2) is 4.68 Å². The van der Waals surface area contributed by atoms with Crippen molar-refractivity contribution in [3.63, 3.8) is 0 Å². The maximum atomic E-state index is 14.1. The number of ether oxygens (including phenoxy) is 2. The summed E-state index contributed by atoms with van der Waals surface area (Å²) >= 11 is 11.4. The predicted octanol–water partition coefficient (Wildman–Crippen LogP) is 9.12. The summed E-state index contributed by atoms with van der Waals surface area (Å²) in [6, 6.07) is 26.7. The van der Waals surface area contributed by atoms with Gasteiger partial charge in [-0.2, -0.15) is 4.98 Å². The summed E-state index contributed by atoms with van der Waals surface area (Å²) in [5, 5.41) is 12.6.